The number of rotatable bonds is 6. The second-order valence-electron chi connectivity index (χ2n) is 10.9. The van der Waals surface area contributed by atoms with Gasteiger partial charge in [-0.15, -0.1) is 0 Å². The SMILES string of the molecule is C[CH2][Ge]([C]#Cc1c2cc3cc(F)sc3cc2c(C#[C][Ge]([CH2]C)([CH2]C)[CH2]C)c2cc3cc(F)sc3cc12)([CH2]C)[CH2]C. The van der Waals surface area contributed by atoms with Gasteiger partial charge in [0.2, 0.25) is 0 Å². The fourth-order valence-corrected chi connectivity index (χ4v) is 17.7. The molecule has 0 aliphatic heterocycles. The topological polar surface area (TPSA) is 0 Å². The molecule has 3 aromatic carbocycles. The van der Waals surface area contributed by atoms with Gasteiger partial charge in [-0.25, -0.2) is 0 Å². The molecule has 0 N–H and O–H groups in total. The van der Waals surface area contributed by atoms with Crippen LogP contribution in [0.15, 0.2) is 36.4 Å². The fourth-order valence-electron chi connectivity index (χ4n) is 5.92. The Morgan fingerprint density at radius 1 is 0.525 bits per heavy atom. The second-order valence-corrected chi connectivity index (χ2v) is 33.7. The number of hydrogen-bond acceptors (Lipinski definition) is 2. The van der Waals surface area contributed by atoms with E-state index in [1.807, 2.05) is 0 Å². The first kappa shape index (κ1) is 29.7. The average Bonchev–Trinajstić information content (AvgIpc) is 3.52. The summed E-state index contributed by atoms with van der Waals surface area (Å²) >= 11 is -2.29. The van der Waals surface area contributed by atoms with E-state index in [9.17, 15) is 8.78 Å². The van der Waals surface area contributed by atoms with E-state index in [0.29, 0.717) is 0 Å². The van der Waals surface area contributed by atoms with E-state index in [1.165, 1.54) is 54.2 Å². The van der Waals surface area contributed by atoms with Gasteiger partial charge in [0.15, 0.2) is 0 Å². The maximum atomic E-state index is 14.5. The van der Waals surface area contributed by atoms with Crippen LogP contribution in [0.25, 0.3) is 41.7 Å². The van der Waals surface area contributed by atoms with Crippen molar-refractivity contribution in [2.24, 2.45) is 0 Å². The Bertz CT molecular complexity index is 1620. The molecule has 0 fully saturated rings. The summed E-state index contributed by atoms with van der Waals surface area (Å²) < 4.78 is 38.5. The van der Waals surface area contributed by atoms with E-state index >= 15 is 0 Å². The third kappa shape index (κ3) is 5.26. The fraction of sp³-hybridized carbons (Fsp3) is 0.353. The minimum atomic E-state index is -2.33. The Morgan fingerprint density at radius 2 is 0.850 bits per heavy atom. The van der Waals surface area contributed by atoms with Gasteiger partial charge in [0, 0.05) is 0 Å². The minimum absolute atomic E-state index is 0.181. The van der Waals surface area contributed by atoms with E-state index in [1.54, 1.807) is 12.1 Å². The van der Waals surface area contributed by atoms with E-state index in [4.69, 9.17) is 0 Å². The van der Waals surface area contributed by atoms with Gasteiger partial charge in [-0.2, -0.15) is 0 Å². The summed E-state index contributed by atoms with van der Waals surface area (Å²) in [5, 5.41) is 12.6. The number of thiophene rings is 2. The molecule has 0 nitrogen and oxygen atoms in total. The predicted octanol–water partition coefficient (Wildman–Crippen LogP) is 11.5. The monoisotopic (exact) mass is 694 g/mol. The van der Waals surface area contributed by atoms with Gasteiger partial charge in [-0.1, -0.05) is 0 Å². The summed E-state index contributed by atoms with van der Waals surface area (Å²) in [4.78, 5) is 0. The van der Waals surface area contributed by atoms with Gasteiger partial charge in [0.1, 0.15) is 0 Å². The molecule has 0 aliphatic rings. The van der Waals surface area contributed by atoms with E-state index in [-0.39, 0.29) is 10.3 Å². The number of halogens is 2. The zero-order valence-corrected chi connectivity index (χ0v) is 30.1. The van der Waals surface area contributed by atoms with Crippen LogP contribution in [0, 0.1) is 31.6 Å². The standard InChI is InChI=1S/C34H36F2Ge2S2/c1-7-37(8-2,9-3)15-13-25-27-17-23-19-33(35)40-32(23)22-30(27)26(14-16-38(10-4,11-5)12-6)28-18-24-20-34(36)39-31(24)21-29(25)28/h17-22H,7-12H2,1-6H3. The van der Waals surface area contributed by atoms with Gasteiger partial charge >= 0.3 is 252 Å². The van der Waals surface area contributed by atoms with Crippen LogP contribution in [0.4, 0.5) is 8.78 Å². The average molecular weight is 692 g/mol. The molecule has 40 heavy (non-hydrogen) atoms. The molecule has 0 amide bonds. The first-order chi connectivity index (χ1) is 19.2. The van der Waals surface area contributed by atoms with Crippen molar-refractivity contribution in [1.29, 1.82) is 0 Å². The van der Waals surface area contributed by atoms with Crippen LogP contribution < -0.4 is 0 Å². The van der Waals surface area contributed by atoms with Crippen molar-refractivity contribution in [1.82, 2.24) is 0 Å². The number of benzene rings is 3. The summed E-state index contributed by atoms with van der Waals surface area (Å²) in [5.41, 5.74) is 1.97. The Labute approximate surface area is 250 Å². The van der Waals surface area contributed by atoms with E-state index in [2.05, 4.69) is 87.2 Å². The summed E-state index contributed by atoms with van der Waals surface area (Å²) in [7, 11) is 0. The summed E-state index contributed by atoms with van der Waals surface area (Å²) in [6.07, 6.45) is 0. The molecule has 2 aromatic heterocycles. The molecule has 0 atom stereocenters. The molecule has 0 bridgehead atoms. The third-order valence-corrected chi connectivity index (χ3v) is 30.9. The van der Waals surface area contributed by atoms with Gasteiger partial charge < -0.3 is 0 Å². The molecule has 6 heteroatoms. The van der Waals surface area contributed by atoms with Gasteiger partial charge in [-0.3, -0.25) is 0 Å². The van der Waals surface area contributed by atoms with E-state index < -0.39 is 26.5 Å². The molecule has 0 aliphatic carbocycles. The number of fused-ring (bicyclic) bond motifs is 4. The Balaban J connectivity index is 1.99. The van der Waals surface area contributed by atoms with Crippen molar-refractivity contribution in [3.8, 4) is 21.3 Å². The molecular weight excluding hydrogens is 656 g/mol. The van der Waals surface area contributed by atoms with Gasteiger partial charge in [0.25, 0.3) is 0 Å². The van der Waals surface area contributed by atoms with Crippen LogP contribution in [0.5, 0.6) is 0 Å². The molecule has 0 spiro atoms. The van der Waals surface area contributed by atoms with Crippen molar-refractivity contribution >= 4 is 90.9 Å². The van der Waals surface area contributed by atoms with Crippen LogP contribution in [-0.2, 0) is 0 Å². The van der Waals surface area contributed by atoms with Gasteiger partial charge in [-0.05, 0) is 0 Å². The van der Waals surface area contributed by atoms with Crippen molar-refractivity contribution in [2.75, 3.05) is 0 Å². The molecule has 0 radical (unpaired) electrons. The second kappa shape index (κ2) is 11.8. The molecule has 0 unspecified atom stereocenters. The summed E-state index contributed by atoms with van der Waals surface area (Å²) in [6, 6.07) is 11.7. The predicted molar refractivity (Wildman–Crippen MR) is 180 cm³/mol. The van der Waals surface area contributed by atoms with Crippen molar-refractivity contribution < 1.29 is 8.78 Å². The van der Waals surface area contributed by atoms with E-state index in [0.717, 1.165) is 52.8 Å². The van der Waals surface area contributed by atoms with Crippen LogP contribution in [-0.4, -0.2) is 26.5 Å². The quantitative estimate of drug-likeness (QED) is 0.0945. The molecule has 5 aromatic rings. The molecular formula is C34H36F2Ge2S2. The third-order valence-electron chi connectivity index (χ3n) is 9.30. The zero-order chi connectivity index (χ0) is 28.7. The molecule has 2 heterocycles. The van der Waals surface area contributed by atoms with Crippen molar-refractivity contribution in [3.63, 3.8) is 0 Å². The Morgan fingerprint density at radius 3 is 1.18 bits per heavy atom. The first-order valence-corrected chi connectivity index (χ1v) is 27.2. The van der Waals surface area contributed by atoms with Crippen molar-refractivity contribution in [2.45, 2.75) is 73.1 Å². The number of hydrogen-bond donors (Lipinski definition) is 0. The molecule has 0 saturated carbocycles. The molecule has 206 valence electrons. The molecule has 5 rings (SSSR count). The first-order valence-electron chi connectivity index (χ1n) is 14.5. The van der Waals surface area contributed by atoms with Crippen LogP contribution in [0.2, 0.25) is 31.5 Å². The maximum absolute atomic E-state index is 14.5. The normalized spacial score (nSPS) is 12.2. The Kier molecular flexibility index (Phi) is 8.75. The van der Waals surface area contributed by atoms with Crippen LogP contribution in [0.3, 0.4) is 0 Å². The van der Waals surface area contributed by atoms with Crippen molar-refractivity contribution in [3.05, 3.63) is 57.8 Å². The Hall–Kier alpha value is -1.83. The van der Waals surface area contributed by atoms with Crippen LogP contribution >= 0.6 is 22.7 Å². The zero-order valence-electron chi connectivity index (χ0n) is 24.3. The van der Waals surface area contributed by atoms with Gasteiger partial charge in [0.05, 0.1) is 0 Å². The van der Waals surface area contributed by atoms with Crippen LogP contribution in [0.1, 0.15) is 52.7 Å². The summed E-state index contributed by atoms with van der Waals surface area (Å²) in [6.45, 7) is 13.7. The summed E-state index contributed by atoms with van der Waals surface area (Å²) in [5.74, 6) is 7.44. The molecule has 0 saturated heterocycles.